The van der Waals surface area contributed by atoms with Gasteiger partial charge in [-0.25, -0.2) is 13.2 Å². The second kappa shape index (κ2) is 11.9. The molecule has 4 N–H and O–H groups in total. The lowest BCUT2D eigenvalue weighted by molar-refractivity contribution is 0.0703. The maximum Gasteiger partial charge on any atom is 0.348 e. The predicted molar refractivity (Wildman–Crippen MR) is 124 cm³/mol. The fourth-order valence-corrected chi connectivity index (χ4v) is 4.25. The van der Waals surface area contributed by atoms with E-state index < -0.39 is 21.9 Å². The average molecular weight is 477 g/mol. The summed E-state index contributed by atoms with van der Waals surface area (Å²) in [4.78, 5) is 21.7. The third kappa shape index (κ3) is 7.40. The smallest absolute Gasteiger partial charge is 0.348 e. The summed E-state index contributed by atoms with van der Waals surface area (Å²) in [5, 5.41) is 10.4. The lowest BCUT2D eigenvalue weighted by Gasteiger charge is -2.07. The highest BCUT2D eigenvalue weighted by molar-refractivity contribution is 7.92. The lowest BCUT2D eigenvalue weighted by Crippen LogP contribution is -2.14. The van der Waals surface area contributed by atoms with Gasteiger partial charge in [0, 0.05) is 5.56 Å². The number of hydrogen-bond acceptors (Lipinski definition) is 6. The summed E-state index contributed by atoms with van der Waals surface area (Å²) in [5.41, 5.74) is 5.69. The molecule has 0 spiro atoms. The van der Waals surface area contributed by atoms with Gasteiger partial charge < -0.3 is 15.6 Å². The molecule has 8 nitrogen and oxygen atoms in total. The fourth-order valence-electron chi connectivity index (χ4n) is 2.41. The molecular weight excluding hydrogens is 452 g/mol. The number of thiophene rings is 1. The van der Waals surface area contributed by atoms with Gasteiger partial charge in [0.2, 0.25) is 5.91 Å². The van der Waals surface area contributed by atoms with Crippen LogP contribution in [-0.4, -0.2) is 32.0 Å². The van der Waals surface area contributed by atoms with Gasteiger partial charge in [-0.2, -0.15) is 0 Å². The second-order valence-corrected chi connectivity index (χ2v) is 9.08. The van der Waals surface area contributed by atoms with E-state index >= 15 is 0 Å². The molecule has 32 heavy (non-hydrogen) atoms. The topological polar surface area (TPSA) is 136 Å². The highest BCUT2D eigenvalue weighted by Crippen LogP contribution is 2.25. The maximum absolute atomic E-state index is 12.0. The van der Waals surface area contributed by atoms with Crippen molar-refractivity contribution < 1.29 is 27.9 Å². The number of carboxylic acid groups (broad SMARTS) is 1. The van der Waals surface area contributed by atoms with E-state index in [1.165, 1.54) is 23.6 Å². The van der Waals surface area contributed by atoms with Crippen LogP contribution >= 0.6 is 11.3 Å². The SMILES string of the molecule is CCCCOc1ccc(C(N)=O)cc1.O=C(O)c1sccc1NS(=O)(=O)c1ccccc1. The first-order valence-electron chi connectivity index (χ1n) is 9.66. The normalized spacial score (nSPS) is 10.5. The van der Waals surface area contributed by atoms with Crippen LogP contribution < -0.4 is 15.2 Å². The molecule has 0 unspecified atom stereocenters. The number of carbonyl (C=O) groups is 2. The molecule has 1 amide bonds. The Morgan fingerprint density at radius 1 is 1.06 bits per heavy atom. The summed E-state index contributed by atoms with van der Waals surface area (Å²) in [6.45, 7) is 2.83. The zero-order chi connectivity index (χ0) is 23.6. The Bertz CT molecular complexity index is 1130. The van der Waals surface area contributed by atoms with Crippen LogP contribution in [0.5, 0.6) is 5.75 Å². The molecule has 10 heteroatoms. The zero-order valence-electron chi connectivity index (χ0n) is 17.4. The van der Waals surface area contributed by atoms with E-state index in [0.29, 0.717) is 12.2 Å². The van der Waals surface area contributed by atoms with E-state index in [2.05, 4.69) is 11.6 Å². The van der Waals surface area contributed by atoms with Gasteiger partial charge in [0.25, 0.3) is 10.0 Å². The number of anilines is 1. The van der Waals surface area contributed by atoms with Crippen molar-refractivity contribution in [2.24, 2.45) is 5.73 Å². The number of carbonyl (C=O) groups excluding carboxylic acids is 1. The second-order valence-electron chi connectivity index (χ2n) is 6.48. The van der Waals surface area contributed by atoms with Crippen molar-refractivity contribution in [1.82, 2.24) is 0 Å². The first-order valence-corrected chi connectivity index (χ1v) is 12.0. The largest absolute Gasteiger partial charge is 0.494 e. The first-order chi connectivity index (χ1) is 15.2. The van der Waals surface area contributed by atoms with Gasteiger partial charge >= 0.3 is 5.97 Å². The van der Waals surface area contributed by atoms with E-state index in [4.69, 9.17) is 15.6 Å². The van der Waals surface area contributed by atoms with E-state index in [0.717, 1.165) is 29.9 Å². The molecule has 170 valence electrons. The van der Waals surface area contributed by atoms with Gasteiger partial charge in [0.1, 0.15) is 10.6 Å². The van der Waals surface area contributed by atoms with Gasteiger partial charge in [-0.15, -0.1) is 11.3 Å². The van der Waals surface area contributed by atoms with Gasteiger partial charge in [0.05, 0.1) is 17.2 Å². The lowest BCUT2D eigenvalue weighted by atomic mass is 10.2. The molecule has 0 bridgehead atoms. The molecule has 0 aliphatic rings. The van der Waals surface area contributed by atoms with Crippen LogP contribution in [0.25, 0.3) is 0 Å². The van der Waals surface area contributed by atoms with E-state index in [1.54, 1.807) is 42.5 Å². The summed E-state index contributed by atoms with van der Waals surface area (Å²) in [7, 11) is -3.75. The minimum Gasteiger partial charge on any atom is -0.494 e. The van der Waals surface area contributed by atoms with Crippen molar-refractivity contribution in [3.8, 4) is 5.75 Å². The number of carboxylic acids is 1. The van der Waals surface area contributed by atoms with Crippen molar-refractivity contribution in [3.63, 3.8) is 0 Å². The predicted octanol–water partition coefficient (Wildman–Crippen LogP) is 4.21. The molecule has 1 aromatic heterocycles. The molecule has 0 fully saturated rings. The Kier molecular flexibility index (Phi) is 9.23. The number of nitrogens with one attached hydrogen (secondary N) is 1. The summed E-state index contributed by atoms with van der Waals surface area (Å²) in [6.07, 6.45) is 2.15. The van der Waals surface area contributed by atoms with Gasteiger partial charge in [-0.1, -0.05) is 31.5 Å². The Morgan fingerprint density at radius 2 is 1.72 bits per heavy atom. The van der Waals surface area contributed by atoms with Crippen LogP contribution in [0.1, 0.15) is 39.8 Å². The number of aromatic carboxylic acids is 1. The molecule has 2 aromatic carbocycles. The maximum atomic E-state index is 12.0. The number of primary amides is 1. The minimum atomic E-state index is -3.75. The average Bonchev–Trinajstić information content (AvgIpc) is 3.23. The van der Waals surface area contributed by atoms with E-state index in [1.807, 2.05) is 0 Å². The zero-order valence-corrected chi connectivity index (χ0v) is 19.0. The number of nitrogens with two attached hydrogens (primary N) is 1. The summed E-state index contributed by atoms with van der Waals surface area (Å²) >= 11 is 0.967. The number of unbranched alkanes of at least 4 members (excludes halogenated alkanes) is 1. The van der Waals surface area contributed by atoms with Gasteiger partial charge in [-0.3, -0.25) is 9.52 Å². The van der Waals surface area contributed by atoms with Gasteiger partial charge in [0.15, 0.2) is 0 Å². The Labute approximate surface area is 190 Å². The van der Waals surface area contributed by atoms with Crippen molar-refractivity contribution in [3.05, 3.63) is 76.5 Å². The number of hydrogen-bond donors (Lipinski definition) is 3. The Morgan fingerprint density at radius 3 is 2.28 bits per heavy atom. The molecule has 0 saturated carbocycles. The van der Waals surface area contributed by atoms with Crippen molar-refractivity contribution in [2.45, 2.75) is 24.7 Å². The molecular formula is C22H24N2O6S2. The highest BCUT2D eigenvalue weighted by atomic mass is 32.2. The molecule has 0 saturated heterocycles. The van der Waals surface area contributed by atoms with Crippen LogP contribution in [0, 0.1) is 0 Å². The first kappa shape index (κ1) is 24.9. The van der Waals surface area contributed by atoms with E-state index in [9.17, 15) is 18.0 Å². The monoisotopic (exact) mass is 476 g/mol. The molecule has 3 rings (SSSR count). The molecule has 3 aromatic rings. The highest BCUT2D eigenvalue weighted by Gasteiger charge is 2.19. The number of rotatable bonds is 9. The van der Waals surface area contributed by atoms with Crippen molar-refractivity contribution >= 4 is 38.9 Å². The number of benzene rings is 2. The van der Waals surface area contributed by atoms with Gasteiger partial charge in [-0.05, 0) is 54.3 Å². The van der Waals surface area contributed by atoms with Crippen LogP contribution in [0.15, 0.2) is 70.9 Å². The van der Waals surface area contributed by atoms with Crippen LogP contribution in [0.2, 0.25) is 0 Å². The summed E-state index contributed by atoms with van der Waals surface area (Å²) < 4.78 is 31.6. The van der Waals surface area contributed by atoms with Crippen molar-refractivity contribution in [2.75, 3.05) is 11.3 Å². The third-order valence-corrected chi connectivity index (χ3v) is 6.35. The molecule has 0 atom stereocenters. The van der Waals surface area contributed by atoms with Crippen LogP contribution in [-0.2, 0) is 10.0 Å². The van der Waals surface area contributed by atoms with Crippen LogP contribution in [0.3, 0.4) is 0 Å². The summed E-state index contributed by atoms with van der Waals surface area (Å²) in [6, 6.07) is 16.1. The van der Waals surface area contributed by atoms with Crippen LogP contribution in [0.4, 0.5) is 5.69 Å². The molecule has 0 aliphatic carbocycles. The third-order valence-electron chi connectivity index (χ3n) is 4.06. The number of sulfonamides is 1. The van der Waals surface area contributed by atoms with E-state index in [-0.39, 0.29) is 15.5 Å². The van der Waals surface area contributed by atoms with Crippen molar-refractivity contribution in [1.29, 1.82) is 0 Å². The molecule has 1 heterocycles. The molecule has 0 aliphatic heterocycles. The number of ether oxygens (including phenoxy) is 1. The Hall–Kier alpha value is -3.37. The Balaban J connectivity index is 0.000000235. The fraction of sp³-hybridized carbons (Fsp3) is 0.182. The molecule has 0 radical (unpaired) electrons. The minimum absolute atomic E-state index is 0.0329. The number of amides is 1. The quantitative estimate of drug-likeness (QED) is 0.396. The standard InChI is InChI=1S/C11H9NO4S2.C11H15NO2/c13-11(14)10-9(6-7-17-10)12-18(15,16)8-4-2-1-3-5-8;1-2-3-8-14-10-6-4-9(5-7-10)11(12)13/h1-7,12H,(H,13,14);4-7H,2-3,8H2,1H3,(H2,12,13). The summed E-state index contributed by atoms with van der Waals surface area (Å²) in [5.74, 6) is -0.788.